The van der Waals surface area contributed by atoms with E-state index in [1.165, 1.54) is 9.58 Å². The number of ether oxygens (including phenoxy) is 2. The third-order valence-corrected chi connectivity index (χ3v) is 6.07. The van der Waals surface area contributed by atoms with Gasteiger partial charge in [-0.05, 0) is 36.4 Å². The standard InChI is InChI=1S/C18H25N5O5S/c1-18(2)27-14(11-16(24)22(3)4)10-15(28-18)12-29(25,26)17-19-20-21-23(17)13-8-6-5-7-9-13/h5-9,14-15H,10-12H2,1-4H3. The molecule has 2 unspecified atom stereocenters. The minimum Gasteiger partial charge on any atom is -0.349 e. The van der Waals surface area contributed by atoms with E-state index in [0.29, 0.717) is 5.69 Å². The molecule has 10 nitrogen and oxygen atoms in total. The van der Waals surface area contributed by atoms with Crippen LogP contribution in [0.25, 0.3) is 5.69 Å². The lowest BCUT2D eigenvalue weighted by molar-refractivity contribution is -0.294. The summed E-state index contributed by atoms with van der Waals surface area (Å²) in [6, 6.07) is 8.78. The predicted octanol–water partition coefficient (Wildman–Crippen LogP) is 0.825. The molecule has 29 heavy (non-hydrogen) atoms. The molecule has 0 N–H and O–H groups in total. The molecule has 1 saturated heterocycles. The quantitative estimate of drug-likeness (QED) is 0.671. The molecule has 1 aliphatic heterocycles. The first-order valence-electron chi connectivity index (χ1n) is 9.20. The molecule has 1 fully saturated rings. The van der Waals surface area contributed by atoms with E-state index in [9.17, 15) is 13.2 Å². The van der Waals surface area contributed by atoms with Crippen molar-refractivity contribution in [3.8, 4) is 5.69 Å². The number of benzene rings is 1. The Hall–Kier alpha value is -2.37. The van der Waals surface area contributed by atoms with Crippen molar-refractivity contribution in [2.75, 3.05) is 19.8 Å². The molecule has 0 bridgehead atoms. The van der Waals surface area contributed by atoms with Crippen molar-refractivity contribution in [1.29, 1.82) is 0 Å². The second-order valence-electron chi connectivity index (χ2n) is 7.60. The Labute approximate surface area is 169 Å². The smallest absolute Gasteiger partial charge is 0.272 e. The van der Waals surface area contributed by atoms with Crippen molar-refractivity contribution in [3.05, 3.63) is 30.3 Å². The van der Waals surface area contributed by atoms with Gasteiger partial charge in [-0.2, -0.15) is 4.68 Å². The fourth-order valence-corrected chi connectivity index (χ4v) is 4.66. The van der Waals surface area contributed by atoms with Crippen LogP contribution in [0.4, 0.5) is 0 Å². The van der Waals surface area contributed by atoms with Crippen molar-refractivity contribution in [3.63, 3.8) is 0 Å². The molecule has 0 radical (unpaired) electrons. The number of carbonyl (C=O) groups is 1. The van der Waals surface area contributed by atoms with Gasteiger partial charge in [0.1, 0.15) is 0 Å². The fourth-order valence-electron chi connectivity index (χ4n) is 3.25. The van der Waals surface area contributed by atoms with Crippen molar-refractivity contribution in [2.24, 2.45) is 0 Å². The SMILES string of the molecule is CN(C)C(=O)CC1CC(CS(=O)(=O)c2nnnn2-c2ccccc2)OC(C)(C)O1. The first kappa shape index (κ1) is 21.3. The lowest BCUT2D eigenvalue weighted by atomic mass is 10.1. The maximum absolute atomic E-state index is 13.0. The van der Waals surface area contributed by atoms with Crippen LogP contribution >= 0.6 is 0 Å². The van der Waals surface area contributed by atoms with Gasteiger partial charge in [0.2, 0.25) is 15.7 Å². The molecular formula is C18H25N5O5S. The highest BCUT2D eigenvalue weighted by Crippen LogP contribution is 2.30. The lowest BCUT2D eigenvalue weighted by Gasteiger charge is -2.40. The Morgan fingerprint density at radius 2 is 1.86 bits per heavy atom. The molecule has 11 heteroatoms. The summed E-state index contributed by atoms with van der Waals surface area (Å²) in [5.74, 6) is -1.43. The number of sulfone groups is 1. The summed E-state index contributed by atoms with van der Waals surface area (Å²) in [6.45, 7) is 3.40. The first-order chi connectivity index (χ1) is 13.6. The van der Waals surface area contributed by atoms with Gasteiger partial charge in [0.05, 0.1) is 30.1 Å². The Morgan fingerprint density at radius 3 is 2.52 bits per heavy atom. The third kappa shape index (κ3) is 5.17. The summed E-state index contributed by atoms with van der Waals surface area (Å²) in [5, 5.41) is 10.8. The average Bonchev–Trinajstić information content (AvgIpc) is 3.11. The third-order valence-electron chi connectivity index (χ3n) is 4.45. The van der Waals surface area contributed by atoms with E-state index >= 15 is 0 Å². The fraction of sp³-hybridized carbons (Fsp3) is 0.556. The summed E-state index contributed by atoms with van der Waals surface area (Å²) in [7, 11) is -0.533. The maximum Gasteiger partial charge on any atom is 0.272 e. The topological polar surface area (TPSA) is 117 Å². The molecule has 1 aromatic heterocycles. The van der Waals surface area contributed by atoms with Gasteiger partial charge in [-0.25, -0.2) is 8.42 Å². The second kappa shape index (κ2) is 8.17. The van der Waals surface area contributed by atoms with E-state index in [-0.39, 0.29) is 29.7 Å². The maximum atomic E-state index is 13.0. The minimum absolute atomic E-state index is 0.0951. The van der Waals surface area contributed by atoms with Crippen molar-refractivity contribution in [2.45, 2.75) is 49.8 Å². The summed E-state index contributed by atoms with van der Waals surface area (Å²) in [4.78, 5) is 13.5. The molecule has 1 aromatic carbocycles. The van der Waals surface area contributed by atoms with E-state index in [1.54, 1.807) is 52.2 Å². The van der Waals surface area contributed by atoms with Crippen molar-refractivity contribution >= 4 is 15.7 Å². The Bertz CT molecular complexity index is 958. The number of hydrogen-bond donors (Lipinski definition) is 0. The molecule has 3 rings (SSSR count). The molecule has 0 saturated carbocycles. The Balaban J connectivity index is 1.80. The Kier molecular flexibility index (Phi) is 6.01. The second-order valence-corrected chi connectivity index (χ2v) is 9.53. The zero-order valence-corrected chi connectivity index (χ0v) is 17.7. The molecule has 2 atom stereocenters. The number of nitrogens with zero attached hydrogens (tertiary/aromatic N) is 5. The van der Waals surface area contributed by atoms with Crippen LogP contribution in [0.1, 0.15) is 26.7 Å². The van der Waals surface area contributed by atoms with Crippen LogP contribution in [0.2, 0.25) is 0 Å². The van der Waals surface area contributed by atoms with Crippen molar-refractivity contribution < 1.29 is 22.7 Å². The van der Waals surface area contributed by atoms with E-state index in [1.807, 2.05) is 6.07 Å². The highest BCUT2D eigenvalue weighted by molar-refractivity contribution is 7.91. The largest absolute Gasteiger partial charge is 0.349 e. The van der Waals surface area contributed by atoms with E-state index < -0.39 is 27.8 Å². The van der Waals surface area contributed by atoms with E-state index in [2.05, 4.69) is 15.5 Å². The van der Waals surface area contributed by atoms with Crippen LogP contribution in [0.3, 0.4) is 0 Å². The van der Waals surface area contributed by atoms with Crippen molar-refractivity contribution in [1.82, 2.24) is 25.1 Å². The van der Waals surface area contributed by atoms with Crippen LogP contribution < -0.4 is 0 Å². The summed E-state index contributed by atoms with van der Waals surface area (Å²) in [5.41, 5.74) is 0.541. The predicted molar refractivity (Wildman–Crippen MR) is 103 cm³/mol. The molecule has 0 spiro atoms. The van der Waals surface area contributed by atoms with Crippen LogP contribution in [-0.2, 0) is 24.1 Å². The number of carbonyl (C=O) groups excluding carboxylic acids is 1. The summed E-state index contributed by atoms with van der Waals surface area (Å²) in [6.07, 6.45) is -0.684. The summed E-state index contributed by atoms with van der Waals surface area (Å²) >= 11 is 0. The monoisotopic (exact) mass is 423 g/mol. The minimum atomic E-state index is -3.86. The highest BCUT2D eigenvalue weighted by atomic mass is 32.2. The van der Waals surface area contributed by atoms with Crippen LogP contribution in [0.5, 0.6) is 0 Å². The van der Waals surface area contributed by atoms with E-state index in [0.717, 1.165) is 0 Å². The van der Waals surface area contributed by atoms with Gasteiger partial charge in [-0.3, -0.25) is 4.79 Å². The molecule has 2 aromatic rings. The molecular weight excluding hydrogens is 398 g/mol. The molecule has 158 valence electrons. The highest BCUT2D eigenvalue weighted by Gasteiger charge is 2.39. The lowest BCUT2D eigenvalue weighted by Crippen LogP contribution is -2.48. The normalized spacial score (nSPS) is 21.7. The van der Waals surface area contributed by atoms with Gasteiger partial charge in [-0.1, -0.05) is 23.3 Å². The summed E-state index contributed by atoms with van der Waals surface area (Å²) < 4.78 is 38.9. The number of tetrazole rings is 1. The first-order valence-corrected chi connectivity index (χ1v) is 10.8. The average molecular weight is 423 g/mol. The number of hydrogen-bond acceptors (Lipinski definition) is 8. The van der Waals surface area contributed by atoms with Gasteiger partial charge in [0.25, 0.3) is 5.16 Å². The molecule has 0 aliphatic carbocycles. The number of amides is 1. The van der Waals surface area contributed by atoms with Gasteiger partial charge in [0.15, 0.2) is 5.79 Å². The van der Waals surface area contributed by atoms with Crippen LogP contribution in [0, 0.1) is 0 Å². The zero-order chi connectivity index (χ0) is 21.2. The van der Waals surface area contributed by atoms with E-state index in [4.69, 9.17) is 9.47 Å². The molecule has 1 amide bonds. The van der Waals surface area contributed by atoms with Gasteiger partial charge >= 0.3 is 0 Å². The Morgan fingerprint density at radius 1 is 1.21 bits per heavy atom. The van der Waals surface area contributed by atoms with Gasteiger partial charge in [-0.15, -0.1) is 0 Å². The van der Waals surface area contributed by atoms with Crippen LogP contribution in [0.15, 0.2) is 35.5 Å². The van der Waals surface area contributed by atoms with Gasteiger partial charge in [0, 0.05) is 20.5 Å². The number of para-hydroxylation sites is 1. The molecule has 2 heterocycles. The number of rotatable bonds is 6. The molecule has 1 aliphatic rings. The number of aromatic nitrogens is 4. The zero-order valence-electron chi connectivity index (χ0n) is 16.8. The van der Waals surface area contributed by atoms with Gasteiger partial charge < -0.3 is 14.4 Å². The van der Waals surface area contributed by atoms with Crippen LogP contribution in [-0.4, -0.2) is 77.3 Å².